The lowest BCUT2D eigenvalue weighted by molar-refractivity contribution is 0.222. The molecule has 0 aliphatic carbocycles. The van der Waals surface area contributed by atoms with Gasteiger partial charge in [-0.15, -0.1) is 0 Å². The first kappa shape index (κ1) is 12.5. The van der Waals surface area contributed by atoms with Crippen LogP contribution in [0.4, 0.5) is 0 Å². The number of piperazine rings is 1. The molecule has 0 amide bonds. The highest BCUT2D eigenvalue weighted by Crippen LogP contribution is 2.16. The lowest BCUT2D eigenvalue weighted by Crippen LogP contribution is -2.47. The second kappa shape index (κ2) is 4.40. The van der Waals surface area contributed by atoms with Gasteiger partial charge in [-0.2, -0.15) is 4.31 Å². The van der Waals surface area contributed by atoms with Gasteiger partial charge in [-0.05, 0) is 14.0 Å². The van der Waals surface area contributed by atoms with Gasteiger partial charge in [0.25, 0.3) is 10.0 Å². The molecular formula is C10H18N4O2S. The van der Waals surface area contributed by atoms with E-state index in [1.807, 2.05) is 7.05 Å². The van der Waals surface area contributed by atoms with E-state index in [0.717, 1.165) is 13.1 Å². The van der Waals surface area contributed by atoms with E-state index in [1.54, 1.807) is 24.7 Å². The van der Waals surface area contributed by atoms with Crippen LogP contribution in [0.5, 0.6) is 0 Å². The fraction of sp³-hybridized carbons (Fsp3) is 0.700. The monoisotopic (exact) mass is 258 g/mol. The highest BCUT2D eigenvalue weighted by molar-refractivity contribution is 7.89. The van der Waals surface area contributed by atoms with E-state index >= 15 is 0 Å². The van der Waals surface area contributed by atoms with Gasteiger partial charge in [0.05, 0.1) is 0 Å². The Morgan fingerprint density at radius 1 is 1.18 bits per heavy atom. The highest BCUT2D eigenvalue weighted by atomic mass is 32.2. The summed E-state index contributed by atoms with van der Waals surface area (Å²) in [4.78, 5) is 6.22. The van der Waals surface area contributed by atoms with Crippen molar-refractivity contribution < 1.29 is 8.42 Å². The number of hydrogen-bond acceptors (Lipinski definition) is 4. The Labute approximate surface area is 102 Å². The van der Waals surface area contributed by atoms with Crippen molar-refractivity contribution >= 4 is 10.0 Å². The Kier molecular flexibility index (Phi) is 3.24. The third-order valence-electron chi connectivity index (χ3n) is 3.15. The van der Waals surface area contributed by atoms with Crippen molar-refractivity contribution in [2.24, 2.45) is 7.05 Å². The minimum absolute atomic E-state index is 0.155. The van der Waals surface area contributed by atoms with E-state index in [-0.39, 0.29) is 5.03 Å². The first-order valence-electron chi connectivity index (χ1n) is 5.60. The zero-order chi connectivity index (χ0) is 12.6. The van der Waals surface area contributed by atoms with Crippen molar-refractivity contribution in [3.8, 4) is 0 Å². The van der Waals surface area contributed by atoms with Gasteiger partial charge < -0.3 is 9.47 Å². The number of rotatable bonds is 2. The molecule has 2 heterocycles. The second-order valence-electron chi connectivity index (χ2n) is 4.44. The molecule has 1 aliphatic rings. The van der Waals surface area contributed by atoms with Gasteiger partial charge in [-0.1, -0.05) is 0 Å². The van der Waals surface area contributed by atoms with E-state index < -0.39 is 10.0 Å². The van der Waals surface area contributed by atoms with Crippen LogP contribution in [0.3, 0.4) is 0 Å². The predicted octanol–water partition coefficient (Wildman–Crippen LogP) is -0.335. The minimum atomic E-state index is -3.41. The van der Waals surface area contributed by atoms with Crippen molar-refractivity contribution in [3.63, 3.8) is 0 Å². The Bertz CT molecular complexity index is 481. The van der Waals surface area contributed by atoms with E-state index in [4.69, 9.17) is 0 Å². The van der Waals surface area contributed by atoms with Crippen LogP contribution in [0.1, 0.15) is 5.82 Å². The van der Waals surface area contributed by atoms with Gasteiger partial charge in [0.15, 0.2) is 5.03 Å². The quantitative estimate of drug-likeness (QED) is 0.728. The lowest BCUT2D eigenvalue weighted by atomic mass is 10.4. The zero-order valence-corrected chi connectivity index (χ0v) is 11.2. The molecule has 1 aliphatic heterocycles. The van der Waals surface area contributed by atoms with Crippen LogP contribution in [0, 0.1) is 6.92 Å². The van der Waals surface area contributed by atoms with Crippen LogP contribution in [0.2, 0.25) is 0 Å². The molecule has 0 atom stereocenters. The molecule has 96 valence electrons. The number of sulfonamides is 1. The topological polar surface area (TPSA) is 58.4 Å². The van der Waals surface area contributed by atoms with Gasteiger partial charge in [0.2, 0.25) is 0 Å². The molecule has 2 rings (SSSR count). The van der Waals surface area contributed by atoms with E-state index in [2.05, 4.69) is 9.88 Å². The third kappa shape index (κ3) is 2.36. The number of imidazole rings is 1. The molecule has 0 aromatic carbocycles. The first-order valence-corrected chi connectivity index (χ1v) is 7.04. The highest BCUT2D eigenvalue weighted by Gasteiger charge is 2.29. The van der Waals surface area contributed by atoms with Crippen LogP contribution in [0.25, 0.3) is 0 Å². The van der Waals surface area contributed by atoms with Crippen molar-refractivity contribution in [1.29, 1.82) is 0 Å². The van der Waals surface area contributed by atoms with Gasteiger partial charge in [-0.3, -0.25) is 0 Å². The molecule has 1 aromatic heterocycles. The normalized spacial score (nSPS) is 19.7. The first-order chi connectivity index (χ1) is 7.91. The molecule has 1 aromatic rings. The summed E-state index contributed by atoms with van der Waals surface area (Å²) in [5, 5.41) is 0.155. The van der Waals surface area contributed by atoms with Gasteiger partial charge >= 0.3 is 0 Å². The van der Waals surface area contributed by atoms with Crippen molar-refractivity contribution in [2.75, 3.05) is 33.2 Å². The molecule has 0 unspecified atom stereocenters. The fourth-order valence-electron chi connectivity index (χ4n) is 1.81. The predicted molar refractivity (Wildman–Crippen MR) is 64.2 cm³/mol. The van der Waals surface area contributed by atoms with E-state index in [0.29, 0.717) is 18.9 Å². The number of nitrogens with zero attached hydrogens (tertiary/aromatic N) is 4. The van der Waals surface area contributed by atoms with Gasteiger partial charge in [0, 0.05) is 39.4 Å². The average Bonchev–Trinajstić information content (AvgIpc) is 2.60. The zero-order valence-electron chi connectivity index (χ0n) is 10.4. The SMILES string of the molecule is Cc1nc(S(=O)(=O)N2CCN(C)CC2)cn1C. The third-order valence-corrected chi connectivity index (χ3v) is 4.92. The Morgan fingerprint density at radius 3 is 2.24 bits per heavy atom. The average molecular weight is 258 g/mol. The molecular weight excluding hydrogens is 240 g/mol. The smallest absolute Gasteiger partial charge is 0.262 e. The Morgan fingerprint density at radius 2 is 1.76 bits per heavy atom. The summed E-state index contributed by atoms with van der Waals surface area (Å²) >= 11 is 0. The molecule has 17 heavy (non-hydrogen) atoms. The van der Waals surface area contributed by atoms with Gasteiger partial charge in [-0.25, -0.2) is 13.4 Å². The molecule has 0 bridgehead atoms. The maximum Gasteiger partial charge on any atom is 0.262 e. The molecule has 1 saturated heterocycles. The molecule has 0 saturated carbocycles. The minimum Gasteiger partial charge on any atom is -0.337 e. The Hall–Kier alpha value is -0.920. The molecule has 0 N–H and O–H groups in total. The molecule has 7 heteroatoms. The van der Waals surface area contributed by atoms with E-state index in [1.165, 1.54) is 4.31 Å². The number of aromatic nitrogens is 2. The standard InChI is InChI=1S/C10H18N4O2S/c1-9-11-10(8-13(9)3)17(15,16)14-6-4-12(2)5-7-14/h8H,4-7H2,1-3H3. The molecule has 1 fully saturated rings. The van der Waals surface area contributed by atoms with Crippen molar-refractivity contribution in [2.45, 2.75) is 11.9 Å². The summed E-state index contributed by atoms with van der Waals surface area (Å²) in [6, 6.07) is 0. The summed E-state index contributed by atoms with van der Waals surface area (Å²) < 4.78 is 27.8. The summed E-state index contributed by atoms with van der Waals surface area (Å²) in [5.74, 6) is 0.706. The number of hydrogen-bond donors (Lipinski definition) is 0. The van der Waals surface area contributed by atoms with Crippen molar-refractivity contribution in [1.82, 2.24) is 18.8 Å². The molecule has 6 nitrogen and oxygen atoms in total. The van der Waals surface area contributed by atoms with Crippen LogP contribution in [-0.2, 0) is 17.1 Å². The van der Waals surface area contributed by atoms with E-state index in [9.17, 15) is 8.42 Å². The summed E-state index contributed by atoms with van der Waals surface area (Å²) in [7, 11) is 0.379. The Balaban J connectivity index is 2.24. The molecule has 0 spiro atoms. The summed E-state index contributed by atoms with van der Waals surface area (Å²) in [5.41, 5.74) is 0. The fourth-order valence-corrected chi connectivity index (χ4v) is 3.26. The summed E-state index contributed by atoms with van der Waals surface area (Å²) in [6.45, 7) is 4.40. The van der Waals surface area contributed by atoms with Crippen LogP contribution >= 0.6 is 0 Å². The second-order valence-corrected chi connectivity index (χ2v) is 6.33. The van der Waals surface area contributed by atoms with Gasteiger partial charge in [0.1, 0.15) is 5.82 Å². The largest absolute Gasteiger partial charge is 0.337 e. The summed E-state index contributed by atoms with van der Waals surface area (Å²) in [6.07, 6.45) is 1.57. The maximum absolute atomic E-state index is 12.3. The molecule has 0 radical (unpaired) electrons. The lowest BCUT2D eigenvalue weighted by Gasteiger charge is -2.30. The van der Waals surface area contributed by atoms with Crippen molar-refractivity contribution in [3.05, 3.63) is 12.0 Å². The number of likely N-dealkylation sites (N-methyl/N-ethyl adjacent to an activating group) is 1. The van der Waals surface area contributed by atoms with Crippen LogP contribution < -0.4 is 0 Å². The number of aryl methyl sites for hydroxylation is 2. The van der Waals surface area contributed by atoms with Crippen LogP contribution in [-0.4, -0.2) is 60.4 Å². The van der Waals surface area contributed by atoms with Crippen LogP contribution in [0.15, 0.2) is 11.2 Å². The maximum atomic E-state index is 12.3.